The molecule has 2 N–H and O–H groups in total. The van der Waals surface area contributed by atoms with Crippen molar-refractivity contribution in [2.45, 2.75) is 19.9 Å². The first kappa shape index (κ1) is 14.1. The quantitative estimate of drug-likeness (QED) is 0.776. The summed E-state index contributed by atoms with van der Waals surface area (Å²) in [5.74, 6) is -0.177. The van der Waals surface area contributed by atoms with E-state index in [9.17, 15) is 4.79 Å². The summed E-state index contributed by atoms with van der Waals surface area (Å²) in [5.41, 5.74) is 2.97. The van der Waals surface area contributed by atoms with Gasteiger partial charge in [-0.25, -0.2) is 0 Å². The van der Waals surface area contributed by atoms with Gasteiger partial charge in [-0.15, -0.1) is 0 Å². The van der Waals surface area contributed by atoms with Crippen LogP contribution in [0.15, 0.2) is 37.2 Å². The predicted octanol–water partition coefficient (Wildman–Crippen LogP) is 2.44. The van der Waals surface area contributed by atoms with Crippen molar-refractivity contribution in [1.82, 2.24) is 24.5 Å². The van der Waals surface area contributed by atoms with Crippen LogP contribution in [0, 0.1) is 0 Å². The Morgan fingerprint density at radius 3 is 2.68 bits per heavy atom. The number of carbonyl (C=O) groups is 1. The van der Waals surface area contributed by atoms with Crippen LogP contribution in [0.3, 0.4) is 0 Å². The summed E-state index contributed by atoms with van der Waals surface area (Å²) in [7, 11) is 1.84. The van der Waals surface area contributed by atoms with Gasteiger partial charge in [-0.2, -0.15) is 10.2 Å². The van der Waals surface area contributed by atoms with Crippen LogP contribution in [-0.4, -0.2) is 30.5 Å². The number of rotatable bonds is 4. The molecule has 114 valence electrons. The Kier molecular flexibility index (Phi) is 3.54. The molecule has 0 saturated carbocycles. The third-order valence-corrected chi connectivity index (χ3v) is 3.39. The zero-order chi connectivity index (χ0) is 15.7. The molecule has 0 aliphatic rings. The molecule has 22 heavy (non-hydrogen) atoms. The minimum Gasteiger partial charge on any atom is -0.366 e. The predicted molar refractivity (Wildman–Crippen MR) is 83.6 cm³/mol. The second-order valence-electron chi connectivity index (χ2n) is 5.44. The van der Waals surface area contributed by atoms with Gasteiger partial charge in [0.1, 0.15) is 0 Å². The van der Waals surface area contributed by atoms with Crippen LogP contribution in [0.2, 0.25) is 0 Å². The third kappa shape index (κ3) is 2.65. The fourth-order valence-corrected chi connectivity index (χ4v) is 2.23. The number of nitrogens with zero attached hydrogens (tertiary/aromatic N) is 4. The maximum atomic E-state index is 12.5. The summed E-state index contributed by atoms with van der Waals surface area (Å²) in [4.78, 5) is 15.4. The van der Waals surface area contributed by atoms with Crippen LogP contribution in [0.1, 0.15) is 30.2 Å². The molecule has 7 heteroatoms. The highest BCUT2D eigenvalue weighted by Gasteiger charge is 2.16. The number of hydrogen-bond acceptors (Lipinski definition) is 3. The van der Waals surface area contributed by atoms with E-state index in [1.54, 1.807) is 34.2 Å². The number of carbonyl (C=O) groups excluding carboxylic acids is 1. The van der Waals surface area contributed by atoms with Crippen LogP contribution < -0.4 is 5.32 Å². The molecule has 0 spiro atoms. The Hall–Kier alpha value is -2.83. The SMILES string of the molecule is CC(C)n1cc(NC(=O)c2c[nH]cc2-c2cnn(C)c2)cn1. The highest BCUT2D eigenvalue weighted by atomic mass is 16.1. The van der Waals surface area contributed by atoms with Crippen molar-refractivity contribution in [3.8, 4) is 11.1 Å². The van der Waals surface area contributed by atoms with Crippen molar-refractivity contribution in [1.29, 1.82) is 0 Å². The maximum Gasteiger partial charge on any atom is 0.257 e. The maximum absolute atomic E-state index is 12.5. The molecule has 0 radical (unpaired) electrons. The number of nitrogens with one attached hydrogen (secondary N) is 2. The van der Waals surface area contributed by atoms with Crippen LogP contribution in [0.5, 0.6) is 0 Å². The molecule has 3 heterocycles. The van der Waals surface area contributed by atoms with Gasteiger partial charge in [0.05, 0.1) is 23.6 Å². The highest BCUT2D eigenvalue weighted by Crippen LogP contribution is 2.23. The molecule has 0 atom stereocenters. The molecule has 0 saturated heterocycles. The van der Waals surface area contributed by atoms with Crippen LogP contribution in [0.4, 0.5) is 5.69 Å². The molecule has 7 nitrogen and oxygen atoms in total. The van der Waals surface area contributed by atoms with Gasteiger partial charge in [0.2, 0.25) is 0 Å². The van der Waals surface area contributed by atoms with E-state index >= 15 is 0 Å². The Labute approximate surface area is 128 Å². The average Bonchev–Trinajstić information content (AvgIpc) is 3.16. The summed E-state index contributed by atoms with van der Waals surface area (Å²) in [6.07, 6.45) is 10.6. The lowest BCUT2D eigenvalue weighted by Gasteiger charge is -2.04. The summed E-state index contributed by atoms with van der Waals surface area (Å²) in [6, 6.07) is 0.254. The number of H-pyrrole nitrogens is 1. The fourth-order valence-electron chi connectivity index (χ4n) is 2.23. The van der Waals surface area contributed by atoms with E-state index in [-0.39, 0.29) is 11.9 Å². The molecule has 3 rings (SSSR count). The van der Waals surface area contributed by atoms with Crippen molar-refractivity contribution in [3.05, 3.63) is 42.7 Å². The lowest BCUT2D eigenvalue weighted by atomic mass is 10.1. The zero-order valence-corrected chi connectivity index (χ0v) is 12.7. The number of aryl methyl sites for hydroxylation is 1. The Balaban J connectivity index is 1.82. The number of amides is 1. The molecule has 0 aliphatic heterocycles. The number of hydrogen-bond donors (Lipinski definition) is 2. The van der Waals surface area contributed by atoms with Gasteiger partial charge in [0.25, 0.3) is 5.91 Å². The van der Waals surface area contributed by atoms with Gasteiger partial charge < -0.3 is 10.3 Å². The normalized spacial score (nSPS) is 11.1. The molecule has 1 amide bonds. The largest absolute Gasteiger partial charge is 0.366 e. The molecule has 0 fully saturated rings. The van der Waals surface area contributed by atoms with Gasteiger partial charge >= 0.3 is 0 Å². The van der Waals surface area contributed by atoms with Gasteiger partial charge in [-0.05, 0) is 13.8 Å². The second-order valence-corrected chi connectivity index (χ2v) is 5.44. The first-order valence-corrected chi connectivity index (χ1v) is 7.06. The van der Waals surface area contributed by atoms with Crippen molar-refractivity contribution < 1.29 is 4.79 Å². The number of anilines is 1. The van der Waals surface area contributed by atoms with E-state index in [0.717, 1.165) is 11.1 Å². The topological polar surface area (TPSA) is 80.5 Å². The van der Waals surface area contributed by atoms with E-state index in [1.165, 1.54) is 0 Å². The van der Waals surface area contributed by atoms with Gasteiger partial charge in [0.15, 0.2) is 0 Å². The van der Waals surface area contributed by atoms with Crippen molar-refractivity contribution >= 4 is 11.6 Å². The molecule has 0 aliphatic carbocycles. The molecule has 3 aromatic rings. The van der Waals surface area contributed by atoms with Crippen molar-refractivity contribution in [2.75, 3.05) is 5.32 Å². The molecule has 0 aromatic carbocycles. The molecular formula is C15H18N6O. The molecule has 3 aromatic heterocycles. The smallest absolute Gasteiger partial charge is 0.257 e. The minimum absolute atomic E-state index is 0.177. The summed E-state index contributed by atoms with van der Waals surface area (Å²) < 4.78 is 3.51. The third-order valence-electron chi connectivity index (χ3n) is 3.39. The van der Waals surface area contributed by atoms with E-state index in [0.29, 0.717) is 11.3 Å². The lowest BCUT2D eigenvalue weighted by Crippen LogP contribution is -2.11. The van der Waals surface area contributed by atoms with Crippen LogP contribution >= 0.6 is 0 Å². The van der Waals surface area contributed by atoms with E-state index < -0.39 is 0 Å². The van der Waals surface area contributed by atoms with Crippen molar-refractivity contribution in [2.24, 2.45) is 7.05 Å². The highest BCUT2D eigenvalue weighted by molar-refractivity contribution is 6.08. The van der Waals surface area contributed by atoms with Crippen LogP contribution in [-0.2, 0) is 7.05 Å². The average molecular weight is 298 g/mol. The first-order valence-electron chi connectivity index (χ1n) is 7.06. The van der Waals surface area contributed by atoms with E-state index in [4.69, 9.17) is 0 Å². The van der Waals surface area contributed by atoms with E-state index in [1.807, 2.05) is 33.3 Å². The first-order chi connectivity index (χ1) is 10.5. The lowest BCUT2D eigenvalue weighted by molar-refractivity contribution is 0.102. The Morgan fingerprint density at radius 1 is 1.23 bits per heavy atom. The number of aromatic nitrogens is 5. The molecular weight excluding hydrogens is 280 g/mol. The summed E-state index contributed by atoms with van der Waals surface area (Å²) >= 11 is 0. The molecule has 0 bridgehead atoms. The number of aromatic amines is 1. The van der Waals surface area contributed by atoms with Gasteiger partial charge in [0, 0.05) is 49.0 Å². The Morgan fingerprint density at radius 2 is 2.05 bits per heavy atom. The summed E-state index contributed by atoms with van der Waals surface area (Å²) in [6.45, 7) is 4.07. The monoisotopic (exact) mass is 298 g/mol. The zero-order valence-electron chi connectivity index (χ0n) is 12.7. The summed E-state index contributed by atoms with van der Waals surface area (Å²) in [5, 5.41) is 11.2. The van der Waals surface area contributed by atoms with E-state index in [2.05, 4.69) is 20.5 Å². The van der Waals surface area contributed by atoms with Crippen LogP contribution in [0.25, 0.3) is 11.1 Å². The Bertz CT molecular complexity index is 794. The second kappa shape index (κ2) is 5.51. The van der Waals surface area contributed by atoms with Gasteiger partial charge in [-0.3, -0.25) is 14.2 Å². The standard InChI is InChI=1S/C15H18N6O/c1-10(2)21-9-12(5-18-21)19-15(22)14-7-16-6-13(14)11-4-17-20(3)8-11/h4-10,16H,1-3H3,(H,19,22). The molecule has 0 unspecified atom stereocenters. The van der Waals surface area contributed by atoms with Gasteiger partial charge in [-0.1, -0.05) is 0 Å². The minimum atomic E-state index is -0.177. The van der Waals surface area contributed by atoms with Crippen molar-refractivity contribution in [3.63, 3.8) is 0 Å². The fraction of sp³-hybridized carbons (Fsp3) is 0.267.